The Labute approximate surface area is 96.0 Å². The zero-order chi connectivity index (χ0) is 12.9. The van der Waals surface area contributed by atoms with Crippen LogP contribution in [-0.4, -0.2) is 42.9 Å². The van der Waals surface area contributed by atoms with Gasteiger partial charge >= 0.3 is 0 Å². The van der Waals surface area contributed by atoms with E-state index in [9.17, 15) is 8.42 Å². The van der Waals surface area contributed by atoms with Gasteiger partial charge in [-0.2, -0.15) is 8.42 Å². The standard InChI is InChI=1S/C5H11N7O4S/c6-4(10-13)3-5(12-16-11-3)8-1-2-9-17(7,14)15/h9,13H,1-2H2,(H2,6,10)(H,8,12)(H2,7,14,15). The normalized spacial score (nSPS) is 12.6. The molecule has 0 unspecified atom stereocenters. The first-order valence-electron chi connectivity index (χ1n) is 4.25. The largest absolute Gasteiger partial charge is 0.409 e. The van der Waals surface area contributed by atoms with E-state index < -0.39 is 10.2 Å². The molecule has 0 fully saturated rings. The molecule has 0 saturated carbocycles. The van der Waals surface area contributed by atoms with Gasteiger partial charge in [0.05, 0.1) is 0 Å². The van der Waals surface area contributed by atoms with Gasteiger partial charge in [-0.1, -0.05) is 5.16 Å². The number of hydrogen-bond donors (Lipinski definition) is 5. The smallest absolute Gasteiger partial charge is 0.274 e. The van der Waals surface area contributed by atoms with Crippen molar-refractivity contribution in [3.05, 3.63) is 5.69 Å². The molecule has 0 aliphatic carbocycles. The molecule has 1 rings (SSSR count). The van der Waals surface area contributed by atoms with Crippen molar-refractivity contribution >= 4 is 21.9 Å². The summed E-state index contributed by atoms with van der Waals surface area (Å²) >= 11 is 0. The van der Waals surface area contributed by atoms with Gasteiger partial charge in [0.2, 0.25) is 5.82 Å². The second-order valence-electron chi connectivity index (χ2n) is 2.81. The van der Waals surface area contributed by atoms with Gasteiger partial charge < -0.3 is 16.3 Å². The zero-order valence-corrected chi connectivity index (χ0v) is 9.31. The minimum Gasteiger partial charge on any atom is -0.409 e. The van der Waals surface area contributed by atoms with E-state index in [1.165, 1.54) is 0 Å². The van der Waals surface area contributed by atoms with Crippen molar-refractivity contribution in [2.24, 2.45) is 16.0 Å². The monoisotopic (exact) mass is 265 g/mol. The van der Waals surface area contributed by atoms with Gasteiger partial charge in [-0.15, -0.1) is 0 Å². The lowest BCUT2D eigenvalue weighted by atomic mass is 10.4. The molecule has 1 aromatic heterocycles. The Morgan fingerprint density at radius 2 is 2.18 bits per heavy atom. The summed E-state index contributed by atoms with van der Waals surface area (Å²) in [4.78, 5) is 0. The van der Waals surface area contributed by atoms with Crippen LogP contribution in [0.4, 0.5) is 5.82 Å². The highest BCUT2D eigenvalue weighted by Gasteiger charge is 2.13. The Bertz CT molecular complexity index is 494. The molecule has 11 nitrogen and oxygen atoms in total. The molecular formula is C5H11N7O4S. The molecule has 0 amide bonds. The van der Waals surface area contributed by atoms with Gasteiger partial charge in [0.15, 0.2) is 11.5 Å². The number of aromatic nitrogens is 2. The minimum atomic E-state index is -3.73. The van der Waals surface area contributed by atoms with E-state index in [0.717, 1.165) is 0 Å². The molecule has 0 radical (unpaired) electrons. The fraction of sp³-hybridized carbons (Fsp3) is 0.400. The van der Waals surface area contributed by atoms with Gasteiger partial charge in [-0.25, -0.2) is 14.5 Å². The summed E-state index contributed by atoms with van der Waals surface area (Å²) < 4.78 is 27.5. The van der Waals surface area contributed by atoms with Crippen LogP contribution >= 0.6 is 0 Å². The predicted molar refractivity (Wildman–Crippen MR) is 56.4 cm³/mol. The molecule has 0 saturated heterocycles. The van der Waals surface area contributed by atoms with Crippen LogP contribution in [0, 0.1) is 0 Å². The topological polar surface area (TPSA) is 182 Å². The van der Waals surface area contributed by atoms with E-state index in [4.69, 9.17) is 16.1 Å². The van der Waals surface area contributed by atoms with Crippen LogP contribution in [0.1, 0.15) is 5.69 Å². The highest BCUT2D eigenvalue weighted by atomic mass is 32.2. The molecule has 0 spiro atoms. The van der Waals surface area contributed by atoms with Crippen LogP contribution < -0.4 is 20.9 Å². The van der Waals surface area contributed by atoms with Crippen LogP contribution in [0.5, 0.6) is 0 Å². The van der Waals surface area contributed by atoms with Crippen molar-refractivity contribution in [2.75, 3.05) is 18.4 Å². The van der Waals surface area contributed by atoms with Gasteiger partial charge in [0.1, 0.15) is 0 Å². The van der Waals surface area contributed by atoms with Crippen molar-refractivity contribution in [2.45, 2.75) is 0 Å². The maximum atomic E-state index is 10.5. The van der Waals surface area contributed by atoms with Crippen molar-refractivity contribution in [1.29, 1.82) is 0 Å². The van der Waals surface area contributed by atoms with E-state index in [1.807, 2.05) is 4.72 Å². The average molecular weight is 265 g/mol. The Morgan fingerprint density at radius 1 is 1.47 bits per heavy atom. The first kappa shape index (κ1) is 13.1. The number of nitrogens with zero attached hydrogens (tertiary/aromatic N) is 3. The Morgan fingerprint density at radius 3 is 2.76 bits per heavy atom. The molecule has 0 aliphatic rings. The number of oxime groups is 1. The first-order valence-corrected chi connectivity index (χ1v) is 5.80. The lowest BCUT2D eigenvalue weighted by molar-refractivity contribution is 0.304. The number of rotatable bonds is 6. The van der Waals surface area contributed by atoms with Crippen molar-refractivity contribution in [3.8, 4) is 0 Å². The Balaban J connectivity index is 2.50. The van der Waals surface area contributed by atoms with E-state index >= 15 is 0 Å². The molecule has 1 aromatic rings. The highest BCUT2D eigenvalue weighted by molar-refractivity contribution is 7.87. The fourth-order valence-electron chi connectivity index (χ4n) is 0.894. The fourth-order valence-corrected chi connectivity index (χ4v) is 1.28. The molecule has 1 heterocycles. The average Bonchev–Trinajstić information content (AvgIpc) is 2.70. The molecule has 0 aliphatic heterocycles. The quantitative estimate of drug-likeness (QED) is 0.122. The van der Waals surface area contributed by atoms with Crippen molar-refractivity contribution < 1.29 is 18.3 Å². The summed E-state index contributed by atoms with van der Waals surface area (Å²) in [7, 11) is -3.73. The molecule has 0 atom stereocenters. The van der Waals surface area contributed by atoms with E-state index in [2.05, 4.69) is 25.4 Å². The molecule has 0 aromatic carbocycles. The molecule has 0 bridgehead atoms. The van der Waals surface area contributed by atoms with Gasteiger partial charge in [-0.05, 0) is 10.3 Å². The third kappa shape index (κ3) is 4.21. The number of anilines is 1. The molecule has 96 valence electrons. The molecular weight excluding hydrogens is 254 g/mol. The predicted octanol–water partition coefficient (Wildman–Crippen LogP) is -2.63. The molecule has 7 N–H and O–H groups in total. The maximum absolute atomic E-state index is 10.5. The Hall–Kier alpha value is -1.92. The van der Waals surface area contributed by atoms with Crippen molar-refractivity contribution in [3.63, 3.8) is 0 Å². The number of amidine groups is 1. The summed E-state index contributed by atoms with van der Waals surface area (Å²) in [6, 6.07) is 0. The minimum absolute atomic E-state index is 0.0168. The van der Waals surface area contributed by atoms with Gasteiger partial charge in [-0.3, -0.25) is 0 Å². The highest BCUT2D eigenvalue weighted by Crippen LogP contribution is 2.07. The summed E-state index contributed by atoms with van der Waals surface area (Å²) in [5.74, 6) is -0.162. The molecule has 12 heteroatoms. The first-order chi connectivity index (χ1) is 7.94. The second-order valence-corrected chi connectivity index (χ2v) is 4.19. The van der Waals surface area contributed by atoms with Crippen LogP contribution in [0.2, 0.25) is 0 Å². The SMILES string of the molecule is N/C(=N\O)c1nonc1NCCNS(N)(=O)=O. The number of nitrogens with one attached hydrogen (secondary N) is 2. The number of nitrogens with two attached hydrogens (primary N) is 2. The summed E-state index contributed by atoms with van der Waals surface area (Å²) in [5, 5.41) is 25.3. The van der Waals surface area contributed by atoms with Crippen LogP contribution in [-0.2, 0) is 10.2 Å². The summed E-state index contributed by atoms with van der Waals surface area (Å²) in [5.41, 5.74) is 5.30. The van der Waals surface area contributed by atoms with E-state index in [0.29, 0.717) is 0 Å². The van der Waals surface area contributed by atoms with Crippen LogP contribution in [0.3, 0.4) is 0 Å². The second kappa shape index (κ2) is 5.42. The van der Waals surface area contributed by atoms with E-state index in [-0.39, 0.29) is 30.4 Å². The van der Waals surface area contributed by atoms with Crippen LogP contribution in [0.15, 0.2) is 9.78 Å². The lowest BCUT2D eigenvalue weighted by Crippen LogP contribution is -2.34. The lowest BCUT2D eigenvalue weighted by Gasteiger charge is -2.03. The van der Waals surface area contributed by atoms with Crippen molar-refractivity contribution in [1.82, 2.24) is 15.0 Å². The zero-order valence-electron chi connectivity index (χ0n) is 8.49. The molecule has 17 heavy (non-hydrogen) atoms. The van der Waals surface area contributed by atoms with Gasteiger partial charge in [0, 0.05) is 13.1 Å². The third-order valence-corrected chi connectivity index (χ3v) is 2.17. The maximum Gasteiger partial charge on any atom is 0.274 e. The van der Waals surface area contributed by atoms with Crippen LogP contribution in [0.25, 0.3) is 0 Å². The number of hydrogen-bond acceptors (Lipinski definition) is 8. The summed E-state index contributed by atoms with van der Waals surface area (Å²) in [6.07, 6.45) is 0. The Kier molecular flexibility index (Phi) is 4.19. The summed E-state index contributed by atoms with van der Waals surface area (Å²) in [6.45, 7) is 0.192. The van der Waals surface area contributed by atoms with Gasteiger partial charge in [0.25, 0.3) is 10.2 Å². The van der Waals surface area contributed by atoms with E-state index in [1.54, 1.807) is 0 Å². The third-order valence-electron chi connectivity index (χ3n) is 1.56.